The highest BCUT2D eigenvalue weighted by Crippen LogP contribution is 2.26. The van der Waals surface area contributed by atoms with E-state index in [4.69, 9.17) is 10.5 Å². The molecular weight excluding hydrogens is 348 g/mol. The molecule has 1 fully saturated rings. The van der Waals surface area contributed by atoms with Gasteiger partial charge in [-0.2, -0.15) is 0 Å². The Morgan fingerprint density at radius 3 is 2.52 bits per heavy atom. The Balaban J connectivity index is 1.55. The van der Waals surface area contributed by atoms with Crippen LogP contribution in [0.4, 0.5) is 0 Å². The van der Waals surface area contributed by atoms with Crippen molar-refractivity contribution in [2.24, 2.45) is 11.7 Å². The lowest BCUT2D eigenvalue weighted by molar-refractivity contribution is -0.153. The zero-order valence-corrected chi connectivity index (χ0v) is 15.9. The summed E-state index contributed by atoms with van der Waals surface area (Å²) >= 11 is 0. The van der Waals surface area contributed by atoms with Gasteiger partial charge in [0.05, 0.1) is 0 Å². The van der Waals surface area contributed by atoms with E-state index in [0.29, 0.717) is 16.6 Å². The predicted molar refractivity (Wildman–Crippen MR) is 98.8 cm³/mol. The number of benzene rings is 1. The Kier molecular flexibility index (Phi) is 5.74. The van der Waals surface area contributed by atoms with Gasteiger partial charge in [0.2, 0.25) is 0 Å². The first-order chi connectivity index (χ1) is 12.9. The quantitative estimate of drug-likeness (QED) is 0.798. The van der Waals surface area contributed by atoms with Gasteiger partial charge in [0.1, 0.15) is 23.2 Å². The summed E-state index contributed by atoms with van der Waals surface area (Å²) in [6.07, 6.45) is 2.89. The average Bonchev–Trinajstić information content (AvgIpc) is 3.14. The maximum atomic E-state index is 12.8. The molecule has 0 saturated heterocycles. The highest BCUT2D eigenvalue weighted by atomic mass is 16.6. The first-order valence-electron chi connectivity index (χ1n) is 9.32. The second kappa shape index (κ2) is 8.04. The maximum absolute atomic E-state index is 12.8. The zero-order valence-electron chi connectivity index (χ0n) is 15.9. The third-order valence-corrected chi connectivity index (χ3v) is 5.29. The number of rotatable bonds is 5. The smallest absolute Gasteiger partial charge is 0.323 e. The van der Waals surface area contributed by atoms with Crippen molar-refractivity contribution in [3.8, 4) is 0 Å². The Morgan fingerprint density at radius 1 is 1.19 bits per heavy atom. The number of nitrogens with two attached hydrogens (primary N) is 1. The lowest BCUT2D eigenvalue weighted by atomic mass is 9.91. The molecule has 3 rings (SSSR count). The van der Waals surface area contributed by atoms with Crippen LogP contribution in [-0.2, 0) is 9.53 Å². The molecule has 1 aromatic heterocycles. The van der Waals surface area contributed by atoms with Crippen LogP contribution in [-0.4, -0.2) is 52.3 Å². The van der Waals surface area contributed by atoms with Crippen molar-refractivity contribution in [3.05, 3.63) is 23.8 Å². The number of hydrogen-bond acceptors (Lipinski definition) is 7. The number of hydrogen-bond donors (Lipinski definition) is 1. The van der Waals surface area contributed by atoms with Gasteiger partial charge in [-0.3, -0.25) is 9.59 Å². The molecule has 0 aliphatic heterocycles. The van der Waals surface area contributed by atoms with E-state index in [2.05, 4.69) is 14.9 Å². The molecule has 1 saturated carbocycles. The third-order valence-electron chi connectivity index (χ3n) is 5.29. The Labute approximate surface area is 158 Å². The highest BCUT2D eigenvalue weighted by Gasteiger charge is 2.30. The first-order valence-corrected chi connectivity index (χ1v) is 9.32. The largest absolute Gasteiger partial charge is 0.461 e. The second-order valence-electron chi connectivity index (χ2n) is 7.52. The fourth-order valence-electron chi connectivity index (χ4n) is 3.35. The van der Waals surface area contributed by atoms with Gasteiger partial charge in [-0.1, -0.05) is 13.8 Å². The van der Waals surface area contributed by atoms with Crippen LogP contribution in [0.5, 0.6) is 0 Å². The molecule has 2 N–H and O–H groups in total. The molecule has 1 aromatic carbocycles. The Hall–Kier alpha value is -2.48. The fourth-order valence-corrected chi connectivity index (χ4v) is 3.35. The maximum Gasteiger partial charge on any atom is 0.323 e. The summed E-state index contributed by atoms with van der Waals surface area (Å²) in [5.74, 6) is -0.357. The van der Waals surface area contributed by atoms with Gasteiger partial charge in [0.15, 0.2) is 0 Å². The van der Waals surface area contributed by atoms with Crippen molar-refractivity contribution in [2.45, 2.75) is 57.7 Å². The topological polar surface area (TPSA) is 112 Å². The summed E-state index contributed by atoms with van der Waals surface area (Å²) in [5.41, 5.74) is 7.58. The van der Waals surface area contributed by atoms with Gasteiger partial charge >= 0.3 is 5.97 Å². The van der Waals surface area contributed by atoms with E-state index in [9.17, 15) is 9.59 Å². The van der Waals surface area contributed by atoms with Crippen molar-refractivity contribution in [3.63, 3.8) is 0 Å². The van der Waals surface area contributed by atoms with Crippen LogP contribution in [0.1, 0.15) is 49.9 Å². The number of carbonyl (C=O) groups excluding carboxylic acids is 2. The monoisotopic (exact) mass is 374 g/mol. The van der Waals surface area contributed by atoms with Gasteiger partial charge in [0.25, 0.3) is 5.91 Å². The number of fused-ring (bicyclic) bond motifs is 1. The minimum absolute atomic E-state index is 0.0508. The van der Waals surface area contributed by atoms with Gasteiger partial charge < -0.3 is 15.4 Å². The first kappa shape index (κ1) is 19.3. The van der Waals surface area contributed by atoms with E-state index in [1.807, 2.05) is 13.8 Å². The van der Waals surface area contributed by atoms with Crippen LogP contribution >= 0.6 is 0 Å². The molecule has 1 unspecified atom stereocenters. The van der Waals surface area contributed by atoms with Crippen LogP contribution in [0.25, 0.3) is 11.0 Å². The molecule has 1 amide bonds. The lowest BCUT2D eigenvalue weighted by Crippen LogP contribution is -2.43. The fraction of sp³-hybridized carbons (Fsp3) is 0.579. The van der Waals surface area contributed by atoms with E-state index < -0.39 is 6.04 Å². The van der Waals surface area contributed by atoms with Gasteiger partial charge in [-0.25, -0.2) is 4.63 Å². The molecule has 1 heterocycles. The summed E-state index contributed by atoms with van der Waals surface area (Å²) < 4.78 is 10.2. The van der Waals surface area contributed by atoms with Crippen molar-refractivity contribution < 1.29 is 19.0 Å². The third kappa shape index (κ3) is 4.27. The molecule has 0 spiro atoms. The minimum Gasteiger partial charge on any atom is -0.461 e. The molecule has 8 nitrogen and oxygen atoms in total. The van der Waals surface area contributed by atoms with E-state index in [-0.39, 0.29) is 29.9 Å². The highest BCUT2D eigenvalue weighted by molar-refractivity contribution is 5.97. The summed E-state index contributed by atoms with van der Waals surface area (Å²) in [6, 6.07) is 4.66. The van der Waals surface area contributed by atoms with E-state index >= 15 is 0 Å². The van der Waals surface area contributed by atoms with Gasteiger partial charge in [-0.15, -0.1) is 0 Å². The van der Waals surface area contributed by atoms with Crippen molar-refractivity contribution in [1.82, 2.24) is 15.2 Å². The van der Waals surface area contributed by atoms with Crippen molar-refractivity contribution in [2.75, 3.05) is 7.05 Å². The van der Waals surface area contributed by atoms with Crippen LogP contribution in [0.3, 0.4) is 0 Å². The van der Waals surface area contributed by atoms with Crippen LogP contribution in [0, 0.1) is 5.92 Å². The van der Waals surface area contributed by atoms with E-state index in [1.165, 1.54) is 0 Å². The minimum atomic E-state index is -0.590. The van der Waals surface area contributed by atoms with Crippen LogP contribution in [0.2, 0.25) is 0 Å². The molecule has 27 heavy (non-hydrogen) atoms. The molecule has 0 bridgehead atoms. The summed E-state index contributed by atoms with van der Waals surface area (Å²) in [6.45, 7) is 3.80. The molecule has 146 valence electrons. The standard InChI is InChI=1S/C19H26N4O4/c1-11(2)17(20)19(25)26-14-7-5-13(6-8-14)23(3)18(24)12-4-9-15-16(10-12)22-27-21-15/h4,9-11,13-14,17H,5-8,20H2,1-3H3. The molecule has 2 aromatic rings. The Bertz CT molecular complexity index is 811. The molecular formula is C19H26N4O4. The number of amides is 1. The van der Waals surface area contributed by atoms with Gasteiger partial charge in [-0.05, 0) is 60.1 Å². The van der Waals surface area contributed by atoms with E-state index in [1.54, 1.807) is 30.1 Å². The number of esters is 1. The molecule has 0 radical (unpaired) electrons. The van der Waals surface area contributed by atoms with Crippen molar-refractivity contribution >= 4 is 22.9 Å². The lowest BCUT2D eigenvalue weighted by Gasteiger charge is -2.35. The van der Waals surface area contributed by atoms with Gasteiger partial charge in [0, 0.05) is 18.7 Å². The normalized spacial score (nSPS) is 21.2. The average molecular weight is 374 g/mol. The van der Waals surface area contributed by atoms with Crippen molar-refractivity contribution in [1.29, 1.82) is 0 Å². The van der Waals surface area contributed by atoms with E-state index in [0.717, 1.165) is 25.7 Å². The number of aromatic nitrogens is 2. The SMILES string of the molecule is CC(C)C(N)C(=O)OC1CCC(N(C)C(=O)c2ccc3nonc3c2)CC1. The van der Waals surface area contributed by atoms with Crippen LogP contribution < -0.4 is 5.73 Å². The molecule has 1 aliphatic carbocycles. The molecule has 8 heteroatoms. The van der Waals surface area contributed by atoms with Crippen LogP contribution in [0.15, 0.2) is 22.8 Å². The zero-order chi connectivity index (χ0) is 19.6. The number of nitrogens with zero attached hydrogens (tertiary/aromatic N) is 3. The molecule has 1 atom stereocenters. The number of carbonyl (C=O) groups is 2. The number of ether oxygens (including phenoxy) is 1. The summed E-state index contributed by atoms with van der Waals surface area (Å²) in [4.78, 5) is 26.6. The Morgan fingerprint density at radius 2 is 1.85 bits per heavy atom. The summed E-state index contributed by atoms with van der Waals surface area (Å²) in [7, 11) is 1.80. The molecule has 1 aliphatic rings. The summed E-state index contributed by atoms with van der Waals surface area (Å²) in [5, 5.41) is 7.53. The second-order valence-corrected chi connectivity index (χ2v) is 7.52. The predicted octanol–water partition coefficient (Wildman–Crippen LogP) is 2.13.